The third-order valence-electron chi connectivity index (χ3n) is 6.26. The summed E-state index contributed by atoms with van der Waals surface area (Å²) < 4.78 is 28.7. The summed E-state index contributed by atoms with van der Waals surface area (Å²) >= 11 is 6.52. The van der Waals surface area contributed by atoms with E-state index in [1.807, 2.05) is 38.1 Å². The first-order valence-corrected chi connectivity index (χ1v) is 11.9. The zero-order chi connectivity index (χ0) is 26.2. The normalized spacial score (nSPS) is 11.5. The average molecular weight is 510 g/mol. The van der Waals surface area contributed by atoms with Gasteiger partial charge in [-0.2, -0.15) is 0 Å². The molecule has 0 aliphatic carbocycles. The second-order valence-electron chi connectivity index (χ2n) is 8.80. The number of anilines is 1. The minimum Gasteiger partial charge on any atom is -0.710 e. The molecular weight excluding hydrogens is 484 g/mol. The lowest BCUT2D eigenvalue weighted by atomic mass is 9.94. The van der Waals surface area contributed by atoms with E-state index in [1.165, 1.54) is 31.2 Å². The largest absolute Gasteiger partial charge is 0.710 e. The third kappa shape index (κ3) is 4.71. The van der Waals surface area contributed by atoms with Crippen LogP contribution >= 0.6 is 11.6 Å². The van der Waals surface area contributed by atoms with E-state index in [2.05, 4.69) is 10.3 Å². The highest BCUT2D eigenvalue weighted by Gasteiger charge is 2.30. The van der Waals surface area contributed by atoms with Gasteiger partial charge in [-0.3, -0.25) is 4.79 Å². The lowest BCUT2D eigenvalue weighted by Gasteiger charge is -2.15. The summed E-state index contributed by atoms with van der Waals surface area (Å²) in [6.07, 6.45) is -0.365. The smallest absolute Gasteiger partial charge is 0.300 e. The molecule has 4 aromatic rings. The van der Waals surface area contributed by atoms with Crippen LogP contribution in [0.2, 0.25) is 5.02 Å². The number of rotatable bonds is 6. The van der Waals surface area contributed by atoms with Gasteiger partial charge in [-0.15, -0.1) is 0 Å². The number of amides is 1. The molecule has 0 atom stereocenters. The molecule has 0 fully saturated rings. The zero-order valence-electron chi connectivity index (χ0n) is 20.4. The first-order valence-electron chi connectivity index (χ1n) is 11.5. The maximum atomic E-state index is 14.1. The van der Waals surface area contributed by atoms with Crippen LogP contribution in [0, 0.1) is 26.0 Å². The molecule has 5 nitrogen and oxygen atoms in total. The molecule has 0 aliphatic rings. The molecule has 8 heteroatoms. The van der Waals surface area contributed by atoms with Crippen LogP contribution in [-0.4, -0.2) is 10.9 Å². The molecule has 4 rings (SSSR count). The van der Waals surface area contributed by atoms with E-state index in [9.17, 15) is 18.8 Å². The fourth-order valence-electron chi connectivity index (χ4n) is 4.33. The molecule has 2 N–H and O–H groups in total. The van der Waals surface area contributed by atoms with Gasteiger partial charge in [0.2, 0.25) is 5.69 Å². The van der Waals surface area contributed by atoms with Crippen LogP contribution in [0.25, 0.3) is 22.5 Å². The number of carbonyl (C=O) groups is 1. The molecule has 1 amide bonds. The second kappa shape index (κ2) is 9.74. The van der Waals surface area contributed by atoms with Gasteiger partial charge in [0.25, 0.3) is 17.7 Å². The first-order chi connectivity index (χ1) is 17.0. The Bertz CT molecular complexity index is 1440. The van der Waals surface area contributed by atoms with Crippen molar-refractivity contribution < 1.29 is 18.3 Å². The summed E-state index contributed by atoms with van der Waals surface area (Å²) in [6, 6.07) is 16.7. The van der Waals surface area contributed by atoms with Gasteiger partial charge in [-0.1, -0.05) is 48.9 Å². The van der Waals surface area contributed by atoms with Crippen molar-refractivity contribution in [2.45, 2.75) is 40.0 Å². The quantitative estimate of drug-likeness (QED) is 0.211. The number of aromatic amines is 1. The van der Waals surface area contributed by atoms with Crippen molar-refractivity contribution in [2.75, 3.05) is 5.32 Å². The number of imidazole rings is 1. The van der Waals surface area contributed by atoms with E-state index >= 15 is 0 Å². The molecule has 36 heavy (non-hydrogen) atoms. The molecule has 0 bridgehead atoms. The van der Waals surface area contributed by atoms with Crippen molar-refractivity contribution in [3.8, 4) is 22.5 Å². The van der Waals surface area contributed by atoms with Crippen molar-refractivity contribution in [2.24, 2.45) is 0 Å². The highest BCUT2D eigenvalue weighted by Crippen LogP contribution is 2.36. The summed E-state index contributed by atoms with van der Waals surface area (Å²) in [7, 11) is 0. The lowest BCUT2D eigenvalue weighted by Crippen LogP contribution is -2.36. The molecule has 0 spiro atoms. The fourth-order valence-corrected chi connectivity index (χ4v) is 4.54. The number of hydrogen-bond acceptors (Lipinski definition) is 2. The molecule has 0 aliphatic heterocycles. The van der Waals surface area contributed by atoms with E-state index in [1.54, 1.807) is 19.1 Å². The average Bonchev–Trinajstić information content (AvgIpc) is 3.14. The number of halogens is 3. The van der Waals surface area contributed by atoms with Crippen molar-refractivity contribution in [1.29, 1.82) is 0 Å². The van der Waals surface area contributed by atoms with E-state index < -0.39 is 11.8 Å². The Hall–Kier alpha value is -3.71. The van der Waals surface area contributed by atoms with Gasteiger partial charge >= 0.3 is 0 Å². The number of hydrogen-bond donors (Lipinski definition) is 2. The molecule has 0 unspecified atom stereocenters. The van der Waals surface area contributed by atoms with Crippen molar-refractivity contribution >= 4 is 23.2 Å². The van der Waals surface area contributed by atoms with Crippen molar-refractivity contribution in [1.82, 2.24) is 4.98 Å². The van der Waals surface area contributed by atoms with Gasteiger partial charge in [-0.25, -0.2) is 18.5 Å². The zero-order valence-corrected chi connectivity index (χ0v) is 21.1. The molecule has 0 saturated heterocycles. The standard InChI is InChI=1S/C28H26ClF2N3O2/c1-5-28(30,31)20-10-7-11-21(15-20)33-27(35)25-18(4)32-26(34(25)36)19-12-13-23(29)22(14-19)24-16(2)8-6-9-17(24)3/h6-15,32H,5H2,1-4H3,(H,33,35). The van der Waals surface area contributed by atoms with Crippen molar-refractivity contribution in [3.05, 3.63) is 99.0 Å². The van der Waals surface area contributed by atoms with Crippen molar-refractivity contribution in [3.63, 3.8) is 0 Å². The highest BCUT2D eigenvalue weighted by molar-refractivity contribution is 6.33. The molecule has 1 heterocycles. The van der Waals surface area contributed by atoms with Crippen LogP contribution in [0.5, 0.6) is 0 Å². The predicted molar refractivity (Wildman–Crippen MR) is 138 cm³/mol. The number of alkyl halides is 2. The number of nitrogens with zero attached hydrogens (tertiary/aromatic N) is 1. The number of nitrogens with one attached hydrogen (secondary N) is 2. The van der Waals surface area contributed by atoms with Crippen LogP contribution < -0.4 is 10.0 Å². The molecule has 0 saturated carbocycles. The van der Waals surface area contributed by atoms with Gasteiger partial charge in [-0.05, 0) is 60.9 Å². The Kier molecular flexibility index (Phi) is 6.87. The van der Waals surface area contributed by atoms with E-state index in [-0.39, 0.29) is 29.2 Å². The summed E-state index contributed by atoms with van der Waals surface area (Å²) in [5, 5.41) is 16.3. The van der Waals surface area contributed by atoms with Gasteiger partial charge in [0.05, 0.1) is 5.56 Å². The minimum absolute atomic E-state index is 0.152. The Balaban J connectivity index is 1.70. The van der Waals surface area contributed by atoms with E-state index in [0.717, 1.165) is 22.3 Å². The Labute approximate surface area is 213 Å². The van der Waals surface area contributed by atoms with E-state index in [4.69, 9.17) is 11.6 Å². The monoisotopic (exact) mass is 509 g/mol. The summed E-state index contributed by atoms with van der Waals surface area (Å²) in [5.41, 5.74) is 4.56. The first kappa shape index (κ1) is 25.4. The van der Waals surface area contributed by atoms with Crippen LogP contribution in [0.15, 0.2) is 60.7 Å². The second-order valence-corrected chi connectivity index (χ2v) is 9.20. The lowest BCUT2D eigenvalue weighted by molar-refractivity contribution is -0.594. The van der Waals surface area contributed by atoms with Crippen LogP contribution in [-0.2, 0) is 5.92 Å². The van der Waals surface area contributed by atoms with Crippen LogP contribution in [0.4, 0.5) is 14.5 Å². The summed E-state index contributed by atoms with van der Waals surface area (Å²) in [5.74, 6) is -3.54. The fraction of sp³-hybridized carbons (Fsp3) is 0.214. The Morgan fingerprint density at radius 3 is 2.39 bits per heavy atom. The number of aryl methyl sites for hydroxylation is 3. The maximum absolute atomic E-state index is 14.1. The minimum atomic E-state index is -3.02. The van der Waals surface area contributed by atoms with Gasteiger partial charge in [0, 0.05) is 35.2 Å². The number of aromatic nitrogens is 2. The van der Waals surface area contributed by atoms with Gasteiger partial charge in [0.15, 0.2) is 5.69 Å². The Morgan fingerprint density at radius 1 is 1.06 bits per heavy atom. The van der Waals surface area contributed by atoms with Gasteiger partial charge in [0.1, 0.15) is 0 Å². The predicted octanol–water partition coefficient (Wildman–Crippen LogP) is 7.31. The third-order valence-corrected chi connectivity index (χ3v) is 6.59. The molecule has 0 radical (unpaired) electrons. The van der Waals surface area contributed by atoms with Crippen LogP contribution in [0.3, 0.4) is 0 Å². The number of H-pyrrole nitrogens is 1. The maximum Gasteiger partial charge on any atom is 0.300 e. The van der Waals surface area contributed by atoms with Crippen LogP contribution in [0.1, 0.15) is 46.2 Å². The molecular formula is C28H26ClF2N3O2. The van der Waals surface area contributed by atoms with Gasteiger partial charge < -0.3 is 10.5 Å². The summed E-state index contributed by atoms with van der Waals surface area (Å²) in [4.78, 5) is 16.0. The topological polar surface area (TPSA) is 71.8 Å². The molecule has 3 aromatic carbocycles. The number of benzene rings is 3. The summed E-state index contributed by atoms with van der Waals surface area (Å²) in [6.45, 7) is 6.98. The molecule has 1 aromatic heterocycles. The number of carbonyl (C=O) groups excluding carboxylic acids is 1. The SMILES string of the molecule is CCC(F)(F)c1cccc(NC(=O)c2c(C)[nH]c(-c3ccc(Cl)c(-c4c(C)cccc4C)c3)[n+]2[O-])c1. The molecule has 186 valence electrons. The Morgan fingerprint density at radius 2 is 1.72 bits per heavy atom. The van der Waals surface area contributed by atoms with E-state index in [0.29, 0.717) is 21.0 Å². The highest BCUT2D eigenvalue weighted by atomic mass is 35.5.